The fourth-order valence-corrected chi connectivity index (χ4v) is 5.46. The SMILES string of the molecule is C[C@H]1CCCN1Cc1nc(C(=O)N[C@H]2C[C@@H](O)C2)sc1-c1cnc(NC(C)(C)C)cc1C(F)(F)F. The van der Waals surface area contributed by atoms with E-state index in [4.69, 9.17) is 0 Å². The summed E-state index contributed by atoms with van der Waals surface area (Å²) in [5, 5.41) is 15.4. The first-order valence-electron chi connectivity index (χ1n) is 11.9. The van der Waals surface area contributed by atoms with Gasteiger partial charge in [-0.25, -0.2) is 9.97 Å². The molecule has 7 nitrogen and oxygen atoms in total. The van der Waals surface area contributed by atoms with Crippen molar-refractivity contribution in [3.8, 4) is 10.4 Å². The quantitative estimate of drug-likeness (QED) is 0.522. The van der Waals surface area contributed by atoms with Gasteiger partial charge in [0.25, 0.3) is 5.91 Å². The Hall–Kier alpha value is -2.24. The zero-order valence-corrected chi connectivity index (χ0v) is 21.2. The van der Waals surface area contributed by atoms with Crippen molar-refractivity contribution in [1.29, 1.82) is 0 Å². The molecule has 1 atom stereocenters. The van der Waals surface area contributed by atoms with Crippen LogP contribution in [0.4, 0.5) is 19.0 Å². The van der Waals surface area contributed by atoms with Gasteiger partial charge in [0.05, 0.1) is 22.2 Å². The van der Waals surface area contributed by atoms with E-state index in [0.717, 1.165) is 36.8 Å². The van der Waals surface area contributed by atoms with Crippen LogP contribution in [-0.2, 0) is 12.7 Å². The minimum atomic E-state index is -4.61. The lowest BCUT2D eigenvalue weighted by molar-refractivity contribution is -0.137. The zero-order valence-electron chi connectivity index (χ0n) is 20.4. The van der Waals surface area contributed by atoms with Crippen molar-refractivity contribution in [2.24, 2.45) is 0 Å². The van der Waals surface area contributed by atoms with E-state index in [1.807, 2.05) is 20.8 Å². The highest BCUT2D eigenvalue weighted by atomic mass is 32.1. The Labute approximate surface area is 207 Å². The van der Waals surface area contributed by atoms with E-state index in [1.54, 1.807) is 0 Å². The van der Waals surface area contributed by atoms with Crippen LogP contribution in [0.25, 0.3) is 10.4 Å². The summed E-state index contributed by atoms with van der Waals surface area (Å²) in [6, 6.07) is 1.16. The number of hydrogen-bond acceptors (Lipinski definition) is 7. The van der Waals surface area contributed by atoms with Gasteiger partial charge < -0.3 is 15.7 Å². The number of hydrogen-bond donors (Lipinski definition) is 3. The predicted molar refractivity (Wildman–Crippen MR) is 129 cm³/mol. The van der Waals surface area contributed by atoms with Crippen LogP contribution in [0.15, 0.2) is 12.3 Å². The van der Waals surface area contributed by atoms with Gasteiger partial charge in [-0.3, -0.25) is 9.69 Å². The van der Waals surface area contributed by atoms with E-state index in [1.165, 1.54) is 6.20 Å². The Morgan fingerprint density at radius 3 is 2.57 bits per heavy atom. The maximum atomic E-state index is 14.2. The summed E-state index contributed by atoms with van der Waals surface area (Å²) in [6.07, 6.45) is -0.858. The number of pyridine rings is 1. The summed E-state index contributed by atoms with van der Waals surface area (Å²) in [4.78, 5) is 24.1. The predicted octanol–water partition coefficient (Wildman–Crippen LogP) is 4.67. The number of halogens is 3. The molecular weight excluding hydrogens is 479 g/mol. The van der Waals surface area contributed by atoms with E-state index in [-0.39, 0.29) is 28.5 Å². The number of nitrogens with zero attached hydrogens (tertiary/aromatic N) is 3. The molecule has 1 aliphatic heterocycles. The lowest BCUT2D eigenvalue weighted by atomic mass is 9.89. The number of nitrogens with one attached hydrogen (secondary N) is 2. The average molecular weight is 512 g/mol. The van der Waals surface area contributed by atoms with E-state index in [9.17, 15) is 23.1 Å². The van der Waals surface area contributed by atoms with Crippen LogP contribution < -0.4 is 10.6 Å². The molecule has 2 aliphatic rings. The van der Waals surface area contributed by atoms with Crippen LogP contribution in [0.3, 0.4) is 0 Å². The topological polar surface area (TPSA) is 90.4 Å². The standard InChI is InChI=1S/C24H32F3N5O2S/c1-13-6-5-7-32(13)12-18-20(35-22(30-18)21(34)29-14-8-15(33)9-14)16-11-28-19(31-23(2,3)4)10-17(16)24(25,26)27/h10-11,13-15,33H,5-9,12H2,1-4H3,(H,28,31)(H,29,34)/t13-,14-,15+/m0/s1. The monoisotopic (exact) mass is 511 g/mol. The molecule has 3 N–H and O–H groups in total. The molecule has 2 aromatic rings. The summed E-state index contributed by atoms with van der Waals surface area (Å²) in [5.41, 5.74) is -0.896. The van der Waals surface area contributed by atoms with Gasteiger partial charge in [0, 0.05) is 35.9 Å². The zero-order chi connectivity index (χ0) is 25.5. The van der Waals surface area contributed by atoms with Crippen molar-refractivity contribution in [3.63, 3.8) is 0 Å². The summed E-state index contributed by atoms with van der Waals surface area (Å²) in [6.45, 7) is 8.82. The van der Waals surface area contributed by atoms with Gasteiger partial charge in [0.2, 0.25) is 0 Å². The second-order valence-corrected chi connectivity index (χ2v) is 11.5. The van der Waals surface area contributed by atoms with Crippen molar-refractivity contribution >= 4 is 23.1 Å². The fraction of sp³-hybridized carbons (Fsp3) is 0.625. The molecule has 2 aromatic heterocycles. The third-order valence-corrected chi connectivity index (χ3v) is 7.47. The van der Waals surface area contributed by atoms with E-state index in [2.05, 4.69) is 32.4 Å². The van der Waals surface area contributed by atoms with Gasteiger partial charge in [-0.1, -0.05) is 0 Å². The smallest absolute Gasteiger partial charge is 0.393 e. The molecule has 1 saturated heterocycles. The molecule has 0 aromatic carbocycles. The van der Waals surface area contributed by atoms with Crippen molar-refractivity contribution in [1.82, 2.24) is 20.2 Å². The number of thiazole rings is 1. The lowest BCUT2D eigenvalue weighted by Crippen LogP contribution is -2.46. The highest BCUT2D eigenvalue weighted by Gasteiger charge is 2.37. The maximum Gasteiger partial charge on any atom is 0.417 e. The third-order valence-electron chi connectivity index (χ3n) is 6.34. The van der Waals surface area contributed by atoms with E-state index >= 15 is 0 Å². The van der Waals surface area contributed by atoms with Crippen LogP contribution in [0.5, 0.6) is 0 Å². The van der Waals surface area contributed by atoms with Gasteiger partial charge in [0.1, 0.15) is 5.82 Å². The summed E-state index contributed by atoms with van der Waals surface area (Å²) in [7, 11) is 0. The van der Waals surface area contributed by atoms with Crippen molar-refractivity contribution in [2.75, 3.05) is 11.9 Å². The number of amides is 1. The molecule has 0 spiro atoms. The molecule has 0 unspecified atom stereocenters. The van der Waals surface area contributed by atoms with Gasteiger partial charge in [-0.05, 0) is 66.0 Å². The number of likely N-dealkylation sites (tertiary alicyclic amines) is 1. The number of aliphatic hydroxyl groups is 1. The molecule has 2 fully saturated rings. The summed E-state index contributed by atoms with van der Waals surface area (Å²) < 4.78 is 42.6. The molecule has 1 amide bonds. The molecule has 35 heavy (non-hydrogen) atoms. The molecular formula is C24H32F3N5O2S. The molecule has 11 heteroatoms. The molecule has 1 aliphatic carbocycles. The first kappa shape index (κ1) is 25.8. The van der Waals surface area contributed by atoms with E-state index in [0.29, 0.717) is 30.0 Å². The number of rotatable bonds is 6. The number of anilines is 1. The molecule has 1 saturated carbocycles. The van der Waals surface area contributed by atoms with Crippen LogP contribution in [0.2, 0.25) is 0 Å². The van der Waals surface area contributed by atoms with Gasteiger partial charge in [-0.15, -0.1) is 11.3 Å². The van der Waals surface area contributed by atoms with Crippen LogP contribution in [0, 0.1) is 0 Å². The number of alkyl halides is 3. The van der Waals surface area contributed by atoms with Gasteiger partial charge >= 0.3 is 6.18 Å². The number of carbonyl (C=O) groups excluding carboxylic acids is 1. The molecule has 192 valence electrons. The normalized spacial score (nSPS) is 23.3. The van der Waals surface area contributed by atoms with E-state index < -0.39 is 29.3 Å². The minimum Gasteiger partial charge on any atom is -0.393 e. The van der Waals surface area contributed by atoms with Crippen LogP contribution in [0.1, 0.15) is 74.4 Å². The Balaban J connectivity index is 1.73. The second-order valence-electron chi connectivity index (χ2n) is 10.5. The van der Waals surface area contributed by atoms with Gasteiger partial charge in [0.15, 0.2) is 5.01 Å². The first-order valence-corrected chi connectivity index (χ1v) is 12.7. The highest BCUT2D eigenvalue weighted by molar-refractivity contribution is 7.17. The maximum absolute atomic E-state index is 14.2. The molecule has 4 rings (SSSR count). The summed E-state index contributed by atoms with van der Waals surface area (Å²) >= 11 is 0.959. The van der Waals surface area contributed by atoms with Crippen LogP contribution in [-0.4, -0.2) is 56.2 Å². The Morgan fingerprint density at radius 1 is 1.29 bits per heavy atom. The largest absolute Gasteiger partial charge is 0.417 e. The first-order chi connectivity index (χ1) is 16.3. The van der Waals surface area contributed by atoms with Crippen molar-refractivity contribution in [3.05, 3.63) is 28.5 Å². The third kappa shape index (κ3) is 6.13. The van der Waals surface area contributed by atoms with Crippen molar-refractivity contribution < 1.29 is 23.1 Å². The van der Waals surface area contributed by atoms with Gasteiger partial charge in [-0.2, -0.15) is 13.2 Å². The van der Waals surface area contributed by atoms with Crippen molar-refractivity contribution in [2.45, 2.75) is 89.8 Å². The number of aliphatic hydroxyl groups excluding tert-OH is 1. The molecule has 0 bridgehead atoms. The van der Waals surface area contributed by atoms with Crippen LogP contribution >= 0.6 is 11.3 Å². The Morgan fingerprint density at radius 2 is 2.00 bits per heavy atom. The number of carbonyl (C=O) groups is 1. The molecule has 3 heterocycles. The average Bonchev–Trinajstić information content (AvgIpc) is 3.32. The summed E-state index contributed by atoms with van der Waals surface area (Å²) in [5.74, 6) is -0.296. The highest BCUT2D eigenvalue weighted by Crippen LogP contribution is 2.42. The Kier molecular flexibility index (Phi) is 7.14. The minimum absolute atomic E-state index is 0.0746. The Bertz CT molecular complexity index is 1080. The lowest BCUT2D eigenvalue weighted by Gasteiger charge is -2.31. The number of aromatic nitrogens is 2. The fourth-order valence-electron chi connectivity index (χ4n) is 4.46. The second kappa shape index (κ2) is 9.67. The molecule has 0 radical (unpaired) electrons.